The molecule has 1 aromatic carbocycles. The first-order valence-electron chi connectivity index (χ1n) is 8.85. The maximum absolute atomic E-state index is 13.4. The fourth-order valence-corrected chi connectivity index (χ4v) is 5.26. The van der Waals surface area contributed by atoms with Crippen LogP contribution in [0.3, 0.4) is 0 Å². The molecule has 1 saturated heterocycles. The Hall–Kier alpha value is -1.98. The van der Waals surface area contributed by atoms with Gasteiger partial charge in [0, 0.05) is 32.2 Å². The van der Waals surface area contributed by atoms with Gasteiger partial charge in [-0.05, 0) is 32.0 Å². The van der Waals surface area contributed by atoms with Crippen LogP contribution in [0.2, 0.25) is 0 Å². The van der Waals surface area contributed by atoms with Gasteiger partial charge in [0.2, 0.25) is 15.9 Å². The third kappa shape index (κ3) is 4.53. The number of hydrogen-bond donors (Lipinski definition) is 0. The first kappa shape index (κ1) is 20.7. The molecular weight excluding hydrogens is 405 g/mol. The molecule has 28 heavy (non-hydrogen) atoms. The number of benzene rings is 1. The number of nitrogens with zero attached hydrogens (tertiary/aromatic N) is 5. The van der Waals surface area contributed by atoms with Crippen LogP contribution in [-0.2, 0) is 14.8 Å². The zero-order valence-electron chi connectivity index (χ0n) is 15.7. The van der Waals surface area contributed by atoms with Crippen molar-refractivity contribution in [1.29, 1.82) is 0 Å². The minimum atomic E-state index is -3.77. The van der Waals surface area contributed by atoms with E-state index in [9.17, 15) is 17.6 Å². The molecule has 1 fully saturated rings. The molecule has 152 valence electrons. The maximum Gasteiger partial charge on any atom is 0.243 e. The van der Waals surface area contributed by atoms with Crippen LogP contribution in [0.1, 0.15) is 19.9 Å². The molecule has 0 unspecified atom stereocenters. The highest BCUT2D eigenvalue weighted by atomic mass is 32.2. The minimum Gasteiger partial charge on any atom is -0.339 e. The van der Waals surface area contributed by atoms with Crippen molar-refractivity contribution < 1.29 is 17.6 Å². The van der Waals surface area contributed by atoms with Crippen molar-refractivity contribution in [3.05, 3.63) is 36.4 Å². The van der Waals surface area contributed by atoms with Crippen LogP contribution in [0.5, 0.6) is 0 Å². The Bertz CT molecular complexity index is 940. The van der Waals surface area contributed by atoms with E-state index in [0.717, 1.165) is 6.07 Å². The summed E-state index contributed by atoms with van der Waals surface area (Å²) in [7, 11) is -3.77. The highest BCUT2D eigenvalue weighted by Crippen LogP contribution is 2.21. The Kier molecular flexibility index (Phi) is 6.36. The first-order chi connectivity index (χ1) is 13.3. The normalized spacial score (nSPS) is 15.9. The van der Waals surface area contributed by atoms with E-state index in [2.05, 4.69) is 10.2 Å². The molecule has 0 aliphatic carbocycles. The largest absolute Gasteiger partial charge is 0.339 e. The molecule has 1 amide bonds. The molecule has 1 aliphatic heterocycles. The van der Waals surface area contributed by atoms with Crippen molar-refractivity contribution in [2.24, 2.45) is 0 Å². The summed E-state index contributed by atoms with van der Waals surface area (Å²) >= 11 is 1.31. The van der Waals surface area contributed by atoms with Gasteiger partial charge in [-0.3, -0.25) is 4.79 Å². The number of amides is 1. The fraction of sp³-hybridized carbons (Fsp3) is 0.471. The zero-order valence-corrected chi connectivity index (χ0v) is 17.3. The van der Waals surface area contributed by atoms with Gasteiger partial charge >= 0.3 is 0 Å². The molecule has 2 heterocycles. The number of thioether (sulfide) groups is 1. The van der Waals surface area contributed by atoms with Gasteiger partial charge in [-0.25, -0.2) is 12.8 Å². The van der Waals surface area contributed by atoms with Crippen LogP contribution in [0, 0.1) is 5.82 Å². The topological polar surface area (TPSA) is 88.4 Å². The summed E-state index contributed by atoms with van der Waals surface area (Å²) < 4.78 is 41.8. The molecule has 1 aromatic heterocycles. The van der Waals surface area contributed by atoms with Crippen LogP contribution in [0.4, 0.5) is 4.39 Å². The van der Waals surface area contributed by atoms with Crippen molar-refractivity contribution >= 4 is 27.7 Å². The average molecular weight is 428 g/mol. The molecule has 11 heteroatoms. The van der Waals surface area contributed by atoms with Gasteiger partial charge in [-0.15, -0.1) is 10.2 Å². The Labute approximate surface area is 167 Å². The number of piperazine rings is 1. The Morgan fingerprint density at radius 1 is 1.25 bits per heavy atom. The molecule has 0 atom stereocenters. The van der Waals surface area contributed by atoms with E-state index < -0.39 is 15.8 Å². The molecule has 1 aliphatic rings. The second kappa shape index (κ2) is 8.58. The van der Waals surface area contributed by atoms with Crippen LogP contribution in [0.15, 0.2) is 40.6 Å². The van der Waals surface area contributed by atoms with Gasteiger partial charge in [-0.1, -0.05) is 17.8 Å². The van der Waals surface area contributed by atoms with Crippen LogP contribution in [0.25, 0.3) is 0 Å². The van der Waals surface area contributed by atoms with Crippen LogP contribution >= 0.6 is 11.8 Å². The molecule has 0 N–H and O–H groups in total. The predicted octanol–water partition coefficient (Wildman–Crippen LogP) is 1.62. The highest BCUT2D eigenvalue weighted by Gasteiger charge is 2.30. The summed E-state index contributed by atoms with van der Waals surface area (Å²) in [5.41, 5.74) is 0. The molecule has 0 spiro atoms. The third-order valence-electron chi connectivity index (χ3n) is 4.45. The second-order valence-electron chi connectivity index (χ2n) is 6.65. The zero-order chi connectivity index (χ0) is 20.3. The van der Waals surface area contributed by atoms with Crippen molar-refractivity contribution in [3.63, 3.8) is 0 Å². The molecule has 0 radical (unpaired) electrons. The fourth-order valence-electron chi connectivity index (χ4n) is 2.86. The molecule has 8 nitrogen and oxygen atoms in total. The predicted molar refractivity (Wildman–Crippen MR) is 103 cm³/mol. The lowest BCUT2D eigenvalue weighted by Gasteiger charge is -2.34. The number of sulfonamides is 1. The Balaban J connectivity index is 1.56. The van der Waals surface area contributed by atoms with Gasteiger partial charge in [0.05, 0.1) is 10.6 Å². The number of carbonyl (C=O) groups is 1. The van der Waals surface area contributed by atoms with E-state index >= 15 is 0 Å². The first-order valence-corrected chi connectivity index (χ1v) is 11.3. The summed E-state index contributed by atoms with van der Waals surface area (Å²) in [6.45, 7) is 4.96. The van der Waals surface area contributed by atoms with Crippen molar-refractivity contribution in [2.45, 2.75) is 29.9 Å². The standard InChI is InChI=1S/C17H22FN5O3S2/c1-13(2)23-12-19-20-17(23)27-11-16(24)21-6-8-22(9-7-21)28(25,26)15-5-3-4-14(18)10-15/h3-5,10,12-13H,6-9,11H2,1-2H3. The monoisotopic (exact) mass is 427 g/mol. The number of carbonyl (C=O) groups excluding carboxylic acids is 1. The average Bonchev–Trinajstić information content (AvgIpc) is 3.15. The molecular formula is C17H22FN5O3S2. The number of aromatic nitrogens is 3. The quantitative estimate of drug-likeness (QED) is 0.651. The lowest BCUT2D eigenvalue weighted by atomic mass is 10.3. The number of hydrogen-bond acceptors (Lipinski definition) is 6. The number of halogens is 1. The van der Waals surface area contributed by atoms with E-state index in [-0.39, 0.29) is 35.7 Å². The molecule has 3 rings (SSSR count). The van der Waals surface area contributed by atoms with Gasteiger partial charge < -0.3 is 9.47 Å². The summed E-state index contributed by atoms with van der Waals surface area (Å²) in [5, 5.41) is 8.58. The molecule has 0 bridgehead atoms. The summed E-state index contributed by atoms with van der Waals surface area (Å²) in [6.07, 6.45) is 1.63. The van der Waals surface area contributed by atoms with Crippen molar-refractivity contribution in [1.82, 2.24) is 24.0 Å². The summed E-state index contributed by atoms with van der Waals surface area (Å²) in [6, 6.07) is 5.15. The lowest BCUT2D eigenvalue weighted by molar-refractivity contribution is -0.129. The Morgan fingerprint density at radius 3 is 2.61 bits per heavy atom. The van der Waals surface area contributed by atoms with Crippen LogP contribution < -0.4 is 0 Å². The number of rotatable bonds is 6. The lowest BCUT2D eigenvalue weighted by Crippen LogP contribution is -2.51. The summed E-state index contributed by atoms with van der Waals surface area (Å²) in [4.78, 5) is 14.0. The van der Waals surface area contributed by atoms with Gasteiger partial charge in [-0.2, -0.15) is 4.31 Å². The SMILES string of the molecule is CC(C)n1cnnc1SCC(=O)N1CCN(S(=O)(=O)c2cccc(F)c2)CC1. The van der Waals surface area contributed by atoms with Crippen LogP contribution in [-0.4, -0.2) is 70.2 Å². The summed E-state index contributed by atoms with van der Waals surface area (Å²) in [5.74, 6) is -0.463. The smallest absolute Gasteiger partial charge is 0.243 e. The van der Waals surface area contributed by atoms with Gasteiger partial charge in [0.25, 0.3) is 0 Å². The highest BCUT2D eigenvalue weighted by molar-refractivity contribution is 7.99. The second-order valence-corrected chi connectivity index (χ2v) is 9.53. The van der Waals surface area contributed by atoms with Crippen molar-refractivity contribution in [3.8, 4) is 0 Å². The van der Waals surface area contributed by atoms with E-state index in [0.29, 0.717) is 18.2 Å². The van der Waals surface area contributed by atoms with Gasteiger partial charge in [0.1, 0.15) is 12.1 Å². The maximum atomic E-state index is 13.4. The van der Waals surface area contributed by atoms with Crippen molar-refractivity contribution in [2.75, 3.05) is 31.9 Å². The van der Waals surface area contributed by atoms with E-state index in [1.165, 1.54) is 34.3 Å². The third-order valence-corrected chi connectivity index (χ3v) is 7.28. The van der Waals surface area contributed by atoms with E-state index in [1.54, 1.807) is 11.2 Å². The Morgan fingerprint density at radius 2 is 1.96 bits per heavy atom. The van der Waals surface area contributed by atoms with E-state index in [1.807, 2.05) is 18.4 Å². The minimum absolute atomic E-state index is 0.0733. The molecule has 2 aromatic rings. The van der Waals surface area contributed by atoms with E-state index in [4.69, 9.17) is 0 Å². The van der Waals surface area contributed by atoms with Gasteiger partial charge in [0.15, 0.2) is 5.16 Å². The molecule has 0 saturated carbocycles.